The zero-order valence-corrected chi connectivity index (χ0v) is 12.7. The van der Waals surface area contributed by atoms with Crippen LogP contribution in [0.2, 0.25) is 0 Å². The van der Waals surface area contributed by atoms with Gasteiger partial charge in [0.25, 0.3) is 0 Å². The fourth-order valence-corrected chi connectivity index (χ4v) is 2.86. The highest BCUT2D eigenvalue weighted by molar-refractivity contribution is 5.92. The molecule has 2 rings (SSSR count). The maximum atomic E-state index is 12.7. The highest BCUT2D eigenvalue weighted by Gasteiger charge is 2.49. The Labute approximate surface area is 121 Å². The molecule has 2 N–H and O–H groups in total. The highest BCUT2D eigenvalue weighted by atomic mass is 16.2. The van der Waals surface area contributed by atoms with Gasteiger partial charge in [0.15, 0.2) is 0 Å². The predicted octanol–water partition coefficient (Wildman–Crippen LogP) is 2.61. The van der Waals surface area contributed by atoms with Crippen LogP contribution in [0.5, 0.6) is 0 Å². The van der Waals surface area contributed by atoms with E-state index in [1.807, 2.05) is 25.0 Å². The number of allylic oxidation sites excluding steroid dienone is 1. The second kappa shape index (κ2) is 5.52. The van der Waals surface area contributed by atoms with Crippen molar-refractivity contribution < 1.29 is 4.79 Å². The zero-order chi connectivity index (χ0) is 14.9. The molecule has 1 saturated carbocycles. The van der Waals surface area contributed by atoms with E-state index in [2.05, 4.69) is 18.5 Å². The summed E-state index contributed by atoms with van der Waals surface area (Å²) in [5.74, 6) is 0.897. The van der Waals surface area contributed by atoms with E-state index < -0.39 is 5.41 Å². The van der Waals surface area contributed by atoms with Crippen molar-refractivity contribution in [1.82, 2.24) is 4.90 Å². The summed E-state index contributed by atoms with van der Waals surface area (Å²) in [6.45, 7) is 9.87. The van der Waals surface area contributed by atoms with Gasteiger partial charge in [-0.3, -0.25) is 9.69 Å². The number of hydrogen-bond acceptors (Lipinski definition) is 3. The van der Waals surface area contributed by atoms with Crippen molar-refractivity contribution >= 4 is 12.1 Å². The van der Waals surface area contributed by atoms with E-state index in [0.29, 0.717) is 0 Å². The van der Waals surface area contributed by atoms with Gasteiger partial charge >= 0.3 is 0 Å². The lowest BCUT2D eigenvalue weighted by Gasteiger charge is -2.40. The summed E-state index contributed by atoms with van der Waals surface area (Å²) in [6, 6.07) is 0.410. The van der Waals surface area contributed by atoms with Gasteiger partial charge in [0.05, 0.1) is 5.41 Å². The molecule has 1 amide bonds. The summed E-state index contributed by atoms with van der Waals surface area (Å²) in [4.78, 5) is 19.1. The van der Waals surface area contributed by atoms with Crippen molar-refractivity contribution in [2.24, 2.45) is 16.1 Å². The average Bonchev–Trinajstić information content (AvgIpc) is 2.54. The average molecular weight is 275 g/mol. The fourth-order valence-electron chi connectivity index (χ4n) is 2.86. The molecule has 1 aliphatic carbocycles. The molecule has 0 bridgehead atoms. The molecule has 2 aliphatic rings. The Morgan fingerprint density at radius 1 is 1.50 bits per heavy atom. The van der Waals surface area contributed by atoms with E-state index in [-0.39, 0.29) is 18.0 Å². The SMILES string of the molecule is C=CC1=C(N=CCCC)N(C2CC(N)C2)C(=O)C1(C)C. The van der Waals surface area contributed by atoms with Crippen LogP contribution >= 0.6 is 0 Å². The third-order valence-electron chi connectivity index (χ3n) is 4.25. The first-order valence-electron chi connectivity index (χ1n) is 7.42. The quantitative estimate of drug-likeness (QED) is 0.784. The topological polar surface area (TPSA) is 58.7 Å². The van der Waals surface area contributed by atoms with E-state index in [0.717, 1.165) is 37.1 Å². The molecule has 20 heavy (non-hydrogen) atoms. The Balaban J connectivity index is 2.35. The first-order valence-corrected chi connectivity index (χ1v) is 7.42. The van der Waals surface area contributed by atoms with Gasteiger partial charge in [0.1, 0.15) is 5.82 Å². The van der Waals surface area contributed by atoms with Gasteiger partial charge in [0.2, 0.25) is 5.91 Å². The van der Waals surface area contributed by atoms with Gasteiger partial charge in [-0.15, -0.1) is 0 Å². The molecular formula is C16H25N3O. The third-order valence-corrected chi connectivity index (χ3v) is 4.25. The third kappa shape index (κ3) is 2.33. The Morgan fingerprint density at radius 3 is 2.65 bits per heavy atom. The van der Waals surface area contributed by atoms with Gasteiger partial charge in [0, 0.05) is 23.9 Å². The molecular weight excluding hydrogens is 250 g/mol. The minimum Gasteiger partial charge on any atom is -0.328 e. The highest BCUT2D eigenvalue weighted by Crippen LogP contribution is 2.44. The molecule has 4 nitrogen and oxygen atoms in total. The molecule has 0 aromatic carbocycles. The summed E-state index contributed by atoms with van der Waals surface area (Å²) >= 11 is 0. The van der Waals surface area contributed by atoms with Gasteiger partial charge in [-0.25, -0.2) is 4.99 Å². The molecule has 0 unspecified atom stereocenters. The molecule has 0 aromatic rings. The summed E-state index contributed by atoms with van der Waals surface area (Å²) in [5, 5.41) is 0. The van der Waals surface area contributed by atoms with Crippen LogP contribution in [0.1, 0.15) is 46.5 Å². The lowest BCUT2D eigenvalue weighted by molar-refractivity contribution is -0.137. The number of amides is 1. The normalized spacial score (nSPS) is 29.2. The number of carbonyl (C=O) groups excluding carboxylic acids is 1. The fraction of sp³-hybridized carbons (Fsp3) is 0.625. The number of aliphatic imine (C=N–C) groups is 1. The largest absolute Gasteiger partial charge is 0.328 e. The van der Waals surface area contributed by atoms with Crippen molar-refractivity contribution in [3.8, 4) is 0 Å². The minimum absolute atomic E-state index is 0.118. The maximum Gasteiger partial charge on any atom is 0.238 e. The van der Waals surface area contributed by atoms with Gasteiger partial charge < -0.3 is 5.73 Å². The van der Waals surface area contributed by atoms with Gasteiger partial charge in [-0.1, -0.05) is 26.0 Å². The maximum absolute atomic E-state index is 12.7. The number of nitrogens with two attached hydrogens (primary N) is 1. The minimum atomic E-state index is -0.541. The molecule has 0 spiro atoms. The molecule has 0 aromatic heterocycles. The van der Waals surface area contributed by atoms with Crippen molar-refractivity contribution in [2.45, 2.75) is 58.5 Å². The molecule has 4 heteroatoms. The van der Waals surface area contributed by atoms with E-state index in [4.69, 9.17) is 5.73 Å². The van der Waals surface area contributed by atoms with Crippen LogP contribution in [0, 0.1) is 5.41 Å². The summed E-state index contributed by atoms with van der Waals surface area (Å²) in [5.41, 5.74) is 6.26. The van der Waals surface area contributed by atoms with Crippen molar-refractivity contribution in [1.29, 1.82) is 0 Å². The van der Waals surface area contributed by atoms with Crippen LogP contribution in [0.4, 0.5) is 0 Å². The predicted molar refractivity (Wildman–Crippen MR) is 82.2 cm³/mol. The Kier molecular flexibility index (Phi) is 4.14. The molecule has 0 saturated heterocycles. The number of rotatable bonds is 5. The molecule has 1 aliphatic heterocycles. The zero-order valence-electron chi connectivity index (χ0n) is 12.7. The lowest BCUT2D eigenvalue weighted by Crippen LogP contribution is -2.52. The van der Waals surface area contributed by atoms with Crippen molar-refractivity contribution in [3.63, 3.8) is 0 Å². The van der Waals surface area contributed by atoms with Crippen LogP contribution in [0.3, 0.4) is 0 Å². The lowest BCUT2D eigenvalue weighted by atomic mass is 9.84. The van der Waals surface area contributed by atoms with E-state index in [9.17, 15) is 4.79 Å². The van der Waals surface area contributed by atoms with E-state index in [1.165, 1.54) is 0 Å². The molecule has 110 valence electrons. The summed E-state index contributed by atoms with van der Waals surface area (Å²) < 4.78 is 0. The number of unbranched alkanes of at least 4 members (excludes halogenated alkanes) is 1. The second-order valence-electron chi connectivity index (χ2n) is 6.23. The Bertz CT molecular complexity index is 470. The first-order chi connectivity index (χ1) is 9.43. The monoisotopic (exact) mass is 275 g/mol. The number of carbonyl (C=O) groups is 1. The second-order valence-corrected chi connectivity index (χ2v) is 6.23. The van der Waals surface area contributed by atoms with Gasteiger partial charge in [-0.05, 0) is 33.1 Å². The molecule has 1 heterocycles. The molecule has 1 fully saturated rings. The van der Waals surface area contributed by atoms with E-state index in [1.54, 1.807) is 6.08 Å². The summed E-state index contributed by atoms with van der Waals surface area (Å²) in [7, 11) is 0. The van der Waals surface area contributed by atoms with Crippen LogP contribution in [-0.4, -0.2) is 29.1 Å². The first kappa shape index (κ1) is 15.0. The molecule has 0 atom stereocenters. The smallest absolute Gasteiger partial charge is 0.238 e. The summed E-state index contributed by atoms with van der Waals surface area (Å²) in [6.07, 6.45) is 7.36. The van der Waals surface area contributed by atoms with Crippen LogP contribution in [0.15, 0.2) is 29.0 Å². The van der Waals surface area contributed by atoms with Gasteiger partial charge in [-0.2, -0.15) is 0 Å². The Hall–Kier alpha value is -1.42. The Morgan fingerprint density at radius 2 is 2.15 bits per heavy atom. The standard InChI is InChI=1S/C16H25N3O/c1-5-7-8-18-14-13(6-2)16(3,4)15(20)19(14)12-9-11(17)10-12/h6,8,11-12H,2,5,7,9-10,17H2,1,3-4H3. The van der Waals surface area contributed by atoms with Crippen molar-refractivity contribution in [2.75, 3.05) is 0 Å². The number of nitrogens with zero attached hydrogens (tertiary/aromatic N) is 2. The van der Waals surface area contributed by atoms with Crippen LogP contribution in [-0.2, 0) is 4.79 Å². The molecule has 0 radical (unpaired) electrons. The van der Waals surface area contributed by atoms with Crippen molar-refractivity contribution in [3.05, 3.63) is 24.0 Å². The van der Waals surface area contributed by atoms with Crippen LogP contribution in [0.25, 0.3) is 0 Å². The van der Waals surface area contributed by atoms with Crippen LogP contribution < -0.4 is 5.73 Å². The number of hydrogen-bond donors (Lipinski definition) is 1. The van der Waals surface area contributed by atoms with E-state index >= 15 is 0 Å².